The molecule has 1 heterocycles. The van der Waals surface area contributed by atoms with Crippen LogP contribution in [0.1, 0.15) is 26.0 Å². The summed E-state index contributed by atoms with van der Waals surface area (Å²) in [5.74, 6) is 0. The van der Waals surface area contributed by atoms with Gasteiger partial charge in [-0.3, -0.25) is 0 Å². The highest BCUT2D eigenvalue weighted by molar-refractivity contribution is 5.05. The first-order chi connectivity index (χ1) is 5.74. The first-order valence-corrected chi connectivity index (χ1v) is 4.57. The van der Waals surface area contributed by atoms with E-state index in [0.29, 0.717) is 6.04 Å². The number of hydrogen-bond donors (Lipinski definition) is 1. The summed E-state index contributed by atoms with van der Waals surface area (Å²) in [6.07, 6.45) is 3.26. The molecule has 0 fully saturated rings. The Labute approximate surface area is 74.6 Å². The third kappa shape index (κ3) is 2.38. The number of aromatic nitrogens is 1. The molecular weight excluding hydrogens is 148 g/mol. The minimum absolute atomic E-state index is 0.611. The van der Waals surface area contributed by atoms with Crippen LogP contribution in [0.4, 0.5) is 0 Å². The molecule has 1 rings (SSSR count). The molecule has 0 spiro atoms. The molecule has 0 aliphatic rings. The molecule has 0 saturated carbocycles. The third-order valence-corrected chi connectivity index (χ3v) is 2.30. The third-order valence-electron chi connectivity index (χ3n) is 2.30. The van der Waals surface area contributed by atoms with Crippen LogP contribution in [0.3, 0.4) is 0 Å². The molecule has 2 heteroatoms. The van der Waals surface area contributed by atoms with Crippen LogP contribution < -0.4 is 5.32 Å². The van der Waals surface area contributed by atoms with Crippen molar-refractivity contribution in [2.75, 3.05) is 0 Å². The predicted octanol–water partition coefficient (Wildman–Crippen LogP) is 1.91. The fraction of sp³-hybridized carbons (Fsp3) is 0.600. The number of nitrogens with one attached hydrogen (secondary N) is 1. The second-order valence-electron chi connectivity index (χ2n) is 3.30. The molecule has 1 N–H and O–H groups in total. The highest BCUT2D eigenvalue weighted by atomic mass is 15.0. The lowest BCUT2D eigenvalue weighted by Crippen LogP contribution is -2.25. The van der Waals surface area contributed by atoms with Gasteiger partial charge in [-0.25, -0.2) is 0 Å². The quantitative estimate of drug-likeness (QED) is 0.723. The van der Waals surface area contributed by atoms with E-state index in [1.54, 1.807) is 0 Å². The minimum atomic E-state index is 0.611. The molecule has 0 saturated heterocycles. The Kier molecular flexibility index (Phi) is 3.35. The summed E-state index contributed by atoms with van der Waals surface area (Å²) in [5.41, 5.74) is 1.34. The normalized spacial score (nSPS) is 13.2. The van der Waals surface area contributed by atoms with Gasteiger partial charge in [-0.1, -0.05) is 6.92 Å². The van der Waals surface area contributed by atoms with Crippen LogP contribution in [0.25, 0.3) is 0 Å². The van der Waals surface area contributed by atoms with E-state index < -0.39 is 0 Å². The molecule has 1 aromatic rings. The largest absolute Gasteiger partial charge is 0.353 e. The average molecular weight is 166 g/mol. The van der Waals surface area contributed by atoms with Crippen LogP contribution in [0.5, 0.6) is 0 Å². The summed E-state index contributed by atoms with van der Waals surface area (Å²) in [7, 11) is 2.08. The molecule has 1 aromatic heterocycles. The Hall–Kier alpha value is -0.760. The van der Waals surface area contributed by atoms with Gasteiger partial charge in [-0.15, -0.1) is 0 Å². The van der Waals surface area contributed by atoms with E-state index in [1.165, 1.54) is 12.1 Å². The maximum absolute atomic E-state index is 3.45. The summed E-state index contributed by atoms with van der Waals surface area (Å²) in [6.45, 7) is 5.38. The number of aryl methyl sites for hydroxylation is 1. The first kappa shape index (κ1) is 9.33. The van der Waals surface area contributed by atoms with Crippen molar-refractivity contribution in [2.24, 2.45) is 7.05 Å². The van der Waals surface area contributed by atoms with E-state index >= 15 is 0 Å². The fourth-order valence-corrected chi connectivity index (χ4v) is 1.10. The van der Waals surface area contributed by atoms with Gasteiger partial charge in [-0.2, -0.15) is 0 Å². The monoisotopic (exact) mass is 166 g/mol. The smallest absolute Gasteiger partial charge is 0.0361 e. The van der Waals surface area contributed by atoms with Crippen LogP contribution >= 0.6 is 0 Å². The van der Waals surface area contributed by atoms with Gasteiger partial charge in [0, 0.05) is 31.5 Å². The molecule has 0 aliphatic carbocycles. The summed E-state index contributed by atoms with van der Waals surface area (Å²) in [5, 5.41) is 3.45. The zero-order valence-electron chi connectivity index (χ0n) is 8.17. The Balaban J connectivity index is 2.38. The van der Waals surface area contributed by atoms with Crippen molar-refractivity contribution in [2.45, 2.75) is 32.9 Å². The van der Waals surface area contributed by atoms with Crippen molar-refractivity contribution in [3.63, 3.8) is 0 Å². The van der Waals surface area contributed by atoms with Crippen molar-refractivity contribution >= 4 is 0 Å². The van der Waals surface area contributed by atoms with E-state index in [2.05, 4.69) is 49.1 Å². The Morgan fingerprint density at radius 3 is 2.83 bits per heavy atom. The molecule has 12 heavy (non-hydrogen) atoms. The van der Waals surface area contributed by atoms with Gasteiger partial charge in [0.2, 0.25) is 0 Å². The molecule has 0 bridgehead atoms. The van der Waals surface area contributed by atoms with Crippen molar-refractivity contribution in [1.82, 2.24) is 9.88 Å². The van der Waals surface area contributed by atoms with Crippen LogP contribution in [-0.4, -0.2) is 10.6 Å². The SMILES string of the molecule is CCC(C)NCc1cccn1C. The Morgan fingerprint density at radius 2 is 2.33 bits per heavy atom. The first-order valence-electron chi connectivity index (χ1n) is 4.57. The predicted molar refractivity (Wildman–Crippen MR) is 52.0 cm³/mol. The van der Waals surface area contributed by atoms with Crippen molar-refractivity contribution < 1.29 is 0 Å². The van der Waals surface area contributed by atoms with E-state index in [9.17, 15) is 0 Å². The van der Waals surface area contributed by atoms with Gasteiger partial charge in [-0.05, 0) is 25.5 Å². The summed E-state index contributed by atoms with van der Waals surface area (Å²) in [6, 6.07) is 4.84. The summed E-state index contributed by atoms with van der Waals surface area (Å²) < 4.78 is 2.15. The van der Waals surface area contributed by atoms with E-state index in [1.807, 2.05) is 0 Å². The van der Waals surface area contributed by atoms with Gasteiger partial charge in [0.1, 0.15) is 0 Å². The number of nitrogens with zero attached hydrogens (tertiary/aromatic N) is 1. The van der Waals surface area contributed by atoms with E-state index in [-0.39, 0.29) is 0 Å². The molecular formula is C10H18N2. The lowest BCUT2D eigenvalue weighted by Gasteiger charge is -2.11. The van der Waals surface area contributed by atoms with Gasteiger partial charge in [0.15, 0.2) is 0 Å². The second kappa shape index (κ2) is 4.31. The van der Waals surface area contributed by atoms with Crippen LogP contribution in [0.2, 0.25) is 0 Å². The molecule has 2 nitrogen and oxygen atoms in total. The Bertz CT molecular complexity index is 227. The second-order valence-corrected chi connectivity index (χ2v) is 3.30. The topological polar surface area (TPSA) is 17.0 Å². The lowest BCUT2D eigenvalue weighted by atomic mass is 10.2. The lowest BCUT2D eigenvalue weighted by molar-refractivity contribution is 0.522. The van der Waals surface area contributed by atoms with E-state index in [4.69, 9.17) is 0 Å². The molecule has 0 radical (unpaired) electrons. The number of rotatable bonds is 4. The Morgan fingerprint density at radius 1 is 1.58 bits per heavy atom. The zero-order chi connectivity index (χ0) is 8.97. The minimum Gasteiger partial charge on any atom is -0.353 e. The average Bonchev–Trinajstić information content (AvgIpc) is 2.47. The van der Waals surface area contributed by atoms with Crippen LogP contribution in [0, 0.1) is 0 Å². The molecule has 0 amide bonds. The van der Waals surface area contributed by atoms with Crippen molar-refractivity contribution in [1.29, 1.82) is 0 Å². The van der Waals surface area contributed by atoms with Crippen LogP contribution in [-0.2, 0) is 13.6 Å². The van der Waals surface area contributed by atoms with Gasteiger partial charge in [0.25, 0.3) is 0 Å². The molecule has 1 unspecified atom stereocenters. The molecule has 0 aliphatic heterocycles. The summed E-state index contributed by atoms with van der Waals surface area (Å²) >= 11 is 0. The maximum atomic E-state index is 3.45. The zero-order valence-corrected chi connectivity index (χ0v) is 8.17. The van der Waals surface area contributed by atoms with Gasteiger partial charge >= 0.3 is 0 Å². The molecule has 1 atom stereocenters. The van der Waals surface area contributed by atoms with Crippen molar-refractivity contribution in [3.8, 4) is 0 Å². The van der Waals surface area contributed by atoms with Gasteiger partial charge in [0.05, 0.1) is 0 Å². The molecule has 68 valence electrons. The summed E-state index contributed by atoms with van der Waals surface area (Å²) in [4.78, 5) is 0. The van der Waals surface area contributed by atoms with Gasteiger partial charge < -0.3 is 9.88 Å². The standard InChI is InChI=1S/C10H18N2/c1-4-9(2)11-8-10-6-5-7-12(10)3/h5-7,9,11H,4,8H2,1-3H3. The maximum Gasteiger partial charge on any atom is 0.0361 e. The number of hydrogen-bond acceptors (Lipinski definition) is 1. The molecule has 0 aromatic carbocycles. The van der Waals surface area contributed by atoms with Crippen molar-refractivity contribution in [3.05, 3.63) is 24.0 Å². The highest BCUT2D eigenvalue weighted by Crippen LogP contribution is 1.99. The fourth-order valence-electron chi connectivity index (χ4n) is 1.10. The van der Waals surface area contributed by atoms with Crippen LogP contribution in [0.15, 0.2) is 18.3 Å². The highest BCUT2D eigenvalue weighted by Gasteiger charge is 1.99. The van der Waals surface area contributed by atoms with E-state index in [0.717, 1.165) is 6.54 Å².